The molecule has 0 radical (unpaired) electrons. The van der Waals surface area contributed by atoms with E-state index in [1.807, 2.05) is 6.92 Å². The molecule has 1 fully saturated rings. The fraction of sp³-hybridized carbons (Fsp3) is 0.667. The Morgan fingerprint density at radius 2 is 2.56 bits per heavy atom. The van der Waals surface area contributed by atoms with E-state index in [-0.39, 0.29) is 11.4 Å². The lowest BCUT2D eigenvalue weighted by Crippen LogP contribution is -2.51. The fourth-order valence-electron chi connectivity index (χ4n) is 2.02. The number of amides is 1. The minimum Gasteiger partial charge on any atom is -0.379 e. The van der Waals surface area contributed by atoms with Gasteiger partial charge in [0.25, 0.3) is 5.91 Å². The van der Waals surface area contributed by atoms with Gasteiger partial charge in [-0.05, 0) is 26.3 Å². The first-order valence-corrected chi connectivity index (χ1v) is 7.06. The van der Waals surface area contributed by atoms with Crippen LogP contribution in [0.25, 0.3) is 0 Å². The highest BCUT2D eigenvalue weighted by Gasteiger charge is 2.30. The van der Waals surface area contributed by atoms with Gasteiger partial charge in [-0.25, -0.2) is 4.98 Å². The van der Waals surface area contributed by atoms with Crippen LogP contribution in [0.4, 0.5) is 0 Å². The molecule has 18 heavy (non-hydrogen) atoms. The van der Waals surface area contributed by atoms with Gasteiger partial charge in [0.15, 0.2) is 0 Å². The van der Waals surface area contributed by atoms with Crippen LogP contribution >= 0.6 is 11.3 Å². The van der Waals surface area contributed by atoms with E-state index in [4.69, 9.17) is 10.5 Å². The molecule has 0 aromatic carbocycles. The third-order valence-electron chi connectivity index (χ3n) is 3.00. The summed E-state index contributed by atoms with van der Waals surface area (Å²) in [6, 6.07) is 0. The zero-order valence-electron chi connectivity index (χ0n) is 10.6. The third kappa shape index (κ3) is 3.28. The van der Waals surface area contributed by atoms with Gasteiger partial charge in [-0.15, -0.1) is 11.3 Å². The van der Waals surface area contributed by atoms with Crippen molar-refractivity contribution in [2.24, 2.45) is 5.73 Å². The van der Waals surface area contributed by atoms with Gasteiger partial charge in [0.05, 0.1) is 17.2 Å². The minimum absolute atomic E-state index is 0.123. The Morgan fingerprint density at radius 1 is 1.72 bits per heavy atom. The van der Waals surface area contributed by atoms with Gasteiger partial charge < -0.3 is 15.8 Å². The molecule has 6 heteroatoms. The highest BCUT2D eigenvalue weighted by Crippen LogP contribution is 2.19. The fourth-order valence-corrected chi connectivity index (χ4v) is 2.82. The number of rotatable bonds is 4. The molecule has 1 aliphatic heterocycles. The number of thiazole rings is 1. The highest BCUT2D eigenvalue weighted by atomic mass is 32.1. The molecule has 1 aromatic rings. The Morgan fingerprint density at radius 3 is 3.22 bits per heavy atom. The first-order valence-electron chi connectivity index (χ1n) is 6.18. The molecular formula is C12H19N3O2S. The Labute approximate surface area is 111 Å². The number of carbonyl (C=O) groups excluding carboxylic acids is 1. The number of nitrogens with one attached hydrogen (secondary N) is 1. The molecule has 1 aliphatic rings. The molecule has 100 valence electrons. The zero-order valence-corrected chi connectivity index (χ0v) is 11.4. The quantitative estimate of drug-likeness (QED) is 0.853. The van der Waals surface area contributed by atoms with E-state index >= 15 is 0 Å². The number of aromatic nitrogens is 1. The van der Waals surface area contributed by atoms with Gasteiger partial charge in [-0.1, -0.05) is 0 Å². The molecule has 0 aliphatic carbocycles. The Hall–Kier alpha value is -0.980. The van der Waals surface area contributed by atoms with Crippen molar-refractivity contribution in [3.63, 3.8) is 0 Å². The van der Waals surface area contributed by atoms with Gasteiger partial charge in [0.1, 0.15) is 5.69 Å². The van der Waals surface area contributed by atoms with Gasteiger partial charge in [-0.2, -0.15) is 0 Å². The van der Waals surface area contributed by atoms with Crippen molar-refractivity contribution in [2.45, 2.75) is 31.7 Å². The predicted octanol–water partition coefficient (Wildman–Crippen LogP) is 0.943. The van der Waals surface area contributed by atoms with Crippen molar-refractivity contribution < 1.29 is 9.53 Å². The molecule has 0 spiro atoms. The lowest BCUT2D eigenvalue weighted by atomic mass is 9.95. The molecule has 1 atom stereocenters. The van der Waals surface area contributed by atoms with E-state index in [2.05, 4.69) is 10.3 Å². The van der Waals surface area contributed by atoms with Crippen molar-refractivity contribution in [3.8, 4) is 0 Å². The number of hydrogen-bond donors (Lipinski definition) is 2. The van der Waals surface area contributed by atoms with Gasteiger partial charge in [-0.3, -0.25) is 4.79 Å². The number of ether oxygens (including phenoxy) is 1. The molecule has 1 aromatic heterocycles. The molecule has 1 unspecified atom stereocenters. The molecule has 1 saturated heterocycles. The van der Waals surface area contributed by atoms with E-state index in [1.165, 1.54) is 11.3 Å². The monoisotopic (exact) mass is 269 g/mol. The summed E-state index contributed by atoms with van der Waals surface area (Å²) in [4.78, 5) is 16.4. The van der Waals surface area contributed by atoms with Crippen LogP contribution in [0.2, 0.25) is 0 Å². The zero-order chi connectivity index (χ0) is 13.0. The first-order chi connectivity index (χ1) is 8.63. The van der Waals surface area contributed by atoms with Crippen LogP contribution in [-0.2, 0) is 11.2 Å². The Balaban J connectivity index is 1.97. The van der Waals surface area contributed by atoms with Crippen molar-refractivity contribution in [1.29, 1.82) is 0 Å². The van der Waals surface area contributed by atoms with Gasteiger partial charge in [0, 0.05) is 18.4 Å². The second-order valence-corrected chi connectivity index (χ2v) is 5.78. The second-order valence-electron chi connectivity index (χ2n) is 4.84. The summed E-state index contributed by atoms with van der Waals surface area (Å²) in [5.74, 6) is -0.123. The molecular weight excluding hydrogens is 250 g/mol. The Kier molecular flexibility index (Phi) is 4.31. The van der Waals surface area contributed by atoms with Crippen LogP contribution in [0.3, 0.4) is 0 Å². The standard InChI is InChI=1S/C12H19N3O2S/c1-12(4-2-6-17-8-12)15-11(16)9-7-18-10(14-9)3-5-13/h7H,2-6,8,13H2,1H3,(H,15,16). The average Bonchev–Trinajstić information content (AvgIpc) is 2.78. The van der Waals surface area contributed by atoms with E-state index < -0.39 is 0 Å². The summed E-state index contributed by atoms with van der Waals surface area (Å²) in [5, 5.41) is 5.71. The Bertz CT molecular complexity index is 413. The largest absolute Gasteiger partial charge is 0.379 e. The van der Waals surface area contributed by atoms with E-state index in [0.29, 0.717) is 18.8 Å². The molecule has 3 N–H and O–H groups in total. The van der Waals surface area contributed by atoms with Crippen molar-refractivity contribution in [2.75, 3.05) is 19.8 Å². The van der Waals surface area contributed by atoms with E-state index in [0.717, 1.165) is 30.9 Å². The lowest BCUT2D eigenvalue weighted by molar-refractivity contribution is 0.0271. The summed E-state index contributed by atoms with van der Waals surface area (Å²) in [6.45, 7) is 3.92. The maximum Gasteiger partial charge on any atom is 0.271 e. The SMILES string of the molecule is CC1(NC(=O)c2csc(CCN)n2)CCCOC1. The molecule has 2 heterocycles. The summed E-state index contributed by atoms with van der Waals surface area (Å²) in [7, 11) is 0. The summed E-state index contributed by atoms with van der Waals surface area (Å²) in [5.41, 5.74) is 5.68. The summed E-state index contributed by atoms with van der Waals surface area (Å²) < 4.78 is 5.42. The highest BCUT2D eigenvalue weighted by molar-refractivity contribution is 7.09. The lowest BCUT2D eigenvalue weighted by Gasteiger charge is -2.34. The van der Waals surface area contributed by atoms with Gasteiger partial charge in [0.2, 0.25) is 0 Å². The van der Waals surface area contributed by atoms with Crippen LogP contribution in [0.5, 0.6) is 0 Å². The predicted molar refractivity (Wildman–Crippen MR) is 70.8 cm³/mol. The van der Waals surface area contributed by atoms with Crippen molar-refractivity contribution in [1.82, 2.24) is 10.3 Å². The second kappa shape index (κ2) is 5.77. The summed E-state index contributed by atoms with van der Waals surface area (Å²) in [6.07, 6.45) is 2.64. The maximum absolute atomic E-state index is 12.1. The normalized spacial score (nSPS) is 23.9. The van der Waals surface area contributed by atoms with Gasteiger partial charge >= 0.3 is 0 Å². The number of nitrogens with zero attached hydrogens (tertiary/aromatic N) is 1. The van der Waals surface area contributed by atoms with Crippen molar-refractivity contribution >= 4 is 17.2 Å². The maximum atomic E-state index is 12.1. The van der Waals surface area contributed by atoms with Crippen LogP contribution < -0.4 is 11.1 Å². The molecule has 0 bridgehead atoms. The molecule has 0 saturated carbocycles. The van der Waals surface area contributed by atoms with Crippen LogP contribution in [0, 0.1) is 0 Å². The summed E-state index contributed by atoms with van der Waals surface area (Å²) >= 11 is 1.48. The van der Waals surface area contributed by atoms with Crippen LogP contribution in [0.1, 0.15) is 35.3 Å². The first kappa shape index (κ1) is 13.5. The van der Waals surface area contributed by atoms with Crippen LogP contribution in [0.15, 0.2) is 5.38 Å². The topological polar surface area (TPSA) is 77.2 Å². The van der Waals surface area contributed by atoms with E-state index in [9.17, 15) is 4.79 Å². The number of nitrogens with two attached hydrogens (primary N) is 1. The molecule has 5 nitrogen and oxygen atoms in total. The van der Waals surface area contributed by atoms with E-state index in [1.54, 1.807) is 5.38 Å². The number of carbonyl (C=O) groups is 1. The number of hydrogen-bond acceptors (Lipinski definition) is 5. The smallest absolute Gasteiger partial charge is 0.271 e. The van der Waals surface area contributed by atoms with Crippen molar-refractivity contribution in [3.05, 3.63) is 16.1 Å². The van der Waals surface area contributed by atoms with Crippen LogP contribution in [-0.4, -0.2) is 36.2 Å². The molecule has 1 amide bonds. The average molecular weight is 269 g/mol. The third-order valence-corrected chi connectivity index (χ3v) is 3.90. The molecule has 2 rings (SSSR count). The minimum atomic E-state index is -0.271.